The molecule has 0 amide bonds. The summed E-state index contributed by atoms with van der Waals surface area (Å²) in [6.45, 7) is 1.63. The van der Waals surface area contributed by atoms with Crippen molar-refractivity contribution >= 4 is 22.5 Å². The van der Waals surface area contributed by atoms with Gasteiger partial charge >= 0.3 is 0 Å². The van der Waals surface area contributed by atoms with E-state index < -0.39 is 6.10 Å². The third-order valence-electron chi connectivity index (χ3n) is 3.39. The third-order valence-corrected chi connectivity index (χ3v) is 4.43. The van der Waals surface area contributed by atoms with Crippen LogP contribution in [0.3, 0.4) is 0 Å². The highest BCUT2D eigenvalue weighted by atomic mass is 32.2. The lowest BCUT2D eigenvalue weighted by Crippen LogP contribution is -1.92. The zero-order valence-corrected chi connectivity index (χ0v) is 12.4. The van der Waals surface area contributed by atoms with Crippen LogP contribution in [0.15, 0.2) is 70.5 Å². The molecular formula is C18H15FOS. The molecule has 1 N–H and O–H groups in total. The highest BCUT2D eigenvalue weighted by molar-refractivity contribution is 7.99. The summed E-state index contributed by atoms with van der Waals surface area (Å²) >= 11 is 1.39. The van der Waals surface area contributed by atoms with E-state index in [1.807, 2.05) is 30.3 Å². The Balaban J connectivity index is 1.91. The van der Waals surface area contributed by atoms with Crippen LogP contribution in [0, 0.1) is 5.82 Å². The van der Waals surface area contributed by atoms with Crippen molar-refractivity contribution in [3.63, 3.8) is 0 Å². The van der Waals surface area contributed by atoms with E-state index in [4.69, 9.17) is 0 Å². The van der Waals surface area contributed by atoms with Gasteiger partial charge in [0.05, 0.1) is 6.10 Å². The van der Waals surface area contributed by atoms with Crippen molar-refractivity contribution in [2.45, 2.75) is 22.8 Å². The van der Waals surface area contributed by atoms with E-state index in [-0.39, 0.29) is 5.82 Å². The van der Waals surface area contributed by atoms with Gasteiger partial charge in [0.25, 0.3) is 0 Å². The molecule has 0 saturated heterocycles. The first-order valence-electron chi connectivity index (χ1n) is 6.77. The predicted molar refractivity (Wildman–Crippen MR) is 85.1 cm³/mol. The number of halogens is 1. The van der Waals surface area contributed by atoms with E-state index >= 15 is 0 Å². The molecule has 3 aromatic rings. The molecule has 106 valence electrons. The predicted octanol–water partition coefficient (Wildman–Crippen LogP) is 5.18. The Morgan fingerprint density at radius 2 is 1.71 bits per heavy atom. The van der Waals surface area contributed by atoms with E-state index in [0.29, 0.717) is 10.5 Å². The molecular weight excluding hydrogens is 283 g/mol. The molecule has 0 aliphatic rings. The monoisotopic (exact) mass is 298 g/mol. The smallest absolute Gasteiger partial charge is 0.137 e. The molecule has 3 aromatic carbocycles. The number of aliphatic hydroxyl groups excluding tert-OH is 1. The van der Waals surface area contributed by atoms with Gasteiger partial charge in [-0.25, -0.2) is 4.39 Å². The van der Waals surface area contributed by atoms with Crippen molar-refractivity contribution < 1.29 is 9.50 Å². The molecule has 0 aliphatic carbocycles. The minimum Gasteiger partial charge on any atom is -0.389 e. The molecule has 0 bridgehead atoms. The van der Waals surface area contributed by atoms with E-state index in [1.165, 1.54) is 23.2 Å². The van der Waals surface area contributed by atoms with Crippen LogP contribution in [0.4, 0.5) is 4.39 Å². The van der Waals surface area contributed by atoms with Crippen LogP contribution in [0.1, 0.15) is 18.6 Å². The Morgan fingerprint density at radius 3 is 2.43 bits per heavy atom. The molecule has 21 heavy (non-hydrogen) atoms. The number of aliphatic hydroxyl groups is 1. The number of rotatable bonds is 3. The normalized spacial score (nSPS) is 12.5. The maximum Gasteiger partial charge on any atom is 0.137 e. The molecule has 0 aromatic heterocycles. The maximum atomic E-state index is 14.1. The van der Waals surface area contributed by atoms with E-state index in [2.05, 4.69) is 12.1 Å². The van der Waals surface area contributed by atoms with Gasteiger partial charge in [0.1, 0.15) is 5.82 Å². The standard InChI is InChI=1S/C18H15FOS/c1-12(20)14-7-9-18(17(19)11-14)21-16-8-6-13-4-2-3-5-15(13)10-16/h2-12,20H,1H3/t12-/m1/s1. The lowest BCUT2D eigenvalue weighted by Gasteiger charge is -2.08. The quantitative estimate of drug-likeness (QED) is 0.718. The molecule has 1 nitrogen and oxygen atoms in total. The van der Waals surface area contributed by atoms with Gasteiger partial charge in [-0.05, 0) is 47.5 Å². The second-order valence-electron chi connectivity index (χ2n) is 4.98. The summed E-state index contributed by atoms with van der Waals surface area (Å²) in [6, 6.07) is 19.1. The van der Waals surface area contributed by atoms with E-state index in [0.717, 1.165) is 10.3 Å². The minimum atomic E-state index is -0.654. The lowest BCUT2D eigenvalue weighted by atomic mass is 10.1. The molecule has 3 rings (SSSR count). The molecule has 0 fully saturated rings. The van der Waals surface area contributed by atoms with Gasteiger partial charge < -0.3 is 5.11 Å². The third kappa shape index (κ3) is 3.09. The van der Waals surface area contributed by atoms with Crippen molar-refractivity contribution in [3.05, 3.63) is 72.0 Å². The molecule has 0 unspecified atom stereocenters. The fourth-order valence-corrected chi connectivity index (χ4v) is 3.09. The van der Waals surface area contributed by atoms with Gasteiger partial charge in [-0.1, -0.05) is 48.2 Å². The topological polar surface area (TPSA) is 20.2 Å². The van der Waals surface area contributed by atoms with Crippen LogP contribution in [0.5, 0.6) is 0 Å². The average molecular weight is 298 g/mol. The molecule has 0 saturated carbocycles. The largest absolute Gasteiger partial charge is 0.389 e. The fourth-order valence-electron chi connectivity index (χ4n) is 2.22. The highest BCUT2D eigenvalue weighted by Gasteiger charge is 2.08. The highest BCUT2D eigenvalue weighted by Crippen LogP contribution is 2.32. The van der Waals surface area contributed by atoms with E-state index in [9.17, 15) is 9.50 Å². The number of benzene rings is 3. The Hall–Kier alpha value is -1.84. The Kier molecular flexibility index (Phi) is 3.95. The van der Waals surface area contributed by atoms with Crippen LogP contribution >= 0.6 is 11.8 Å². The summed E-state index contributed by atoms with van der Waals surface area (Å²) in [5.41, 5.74) is 0.593. The zero-order valence-electron chi connectivity index (χ0n) is 11.6. The summed E-state index contributed by atoms with van der Waals surface area (Å²) < 4.78 is 14.1. The number of fused-ring (bicyclic) bond motifs is 1. The SMILES string of the molecule is C[C@@H](O)c1ccc(Sc2ccc3ccccc3c2)c(F)c1. The van der Waals surface area contributed by atoms with Crippen molar-refractivity contribution in [2.24, 2.45) is 0 Å². The van der Waals surface area contributed by atoms with Gasteiger partial charge in [0.15, 0.2) is 0 Å². The van der Waals surface area contributed by atoms with Crippen LogP contribution in [-0.4, -0.2) is 5.11 Å². The van der Waals surface area contributed by atoms with Crippen molar-refractivity contribution in [1.82, 2.24) is 0 Å². The Morgan fingerprint density at radius 1 is 0.952 bits per heavy atom. The zero-order chi connectivity index (χ0) is 14.8. The first kappa shape index (κ1) is 14.1. The first-order chi connectivity index (χ1) is 10.1. The summed E-state index contributed by atoms with van der Waals surface area (Å²) in [4.78, 5) is 1.56. The van der Waals surface area contributed by atoms with Crippen LogP contribution < -0.4 is 0 Å². The average Bonchev–Trinajstić information content (AvgIpc) is 2.49. The van der Waals surface area contributed by atoms with Gasteiger partial charge in [-0.15, -0.1) is 0 Å². The summed E-state index contributed by atoms with van der Waals surface area (Å²) in [7, 11) is 0. The molecule has 0 aliphatic heterocycles. The number of hydrogen-bond acceptors (Lipinski definition) is 2. The Labute approximate surface area is 127 Å². The lowest BCUT2D eigenvalue weighted by molar-refractivity contribution is 0.198. The van der Waals surface area contributed by atoms with E-state index in [1.54, 1.807) is 19.1 Å². The first-order valence-corrected chi connectivity index (χ1v) is 7.59. The van der Waals surface area contributed by atoms with Gasteiger partial charge in [-0.3, -0.25) is 0 Å². The van der Waals surface area contributed by atoms with Crippen molar-refractivity contribution in [2.75, 3.05) is 0 Å². The second-order valence-corrected chi connectivity index (χ2v) is 6.09. The van der Waals surface area contributed by atoms with Gasteiger partial charge in [0.2, 0.25) is 0 Å². The molecule has 0 heterocycles. The van der Waals surface area contributed by atoms with Gasteiger partial charge in [0, 0.05) is 9.79 Å². The van der Waals surface area contributed by atoms with Gasteiger partial charge in [-0.2, -0.15) is 0 Å². The molecule has 0 radical (unpaired) electrons. The minimum absolute atomic E-state index is 0.299. The molecule has 1 atom stereocenters. The van der Waals surface area contributed by atoms with Crippen molar-refractivity contribution in [1.29, 1.82) is 0 Å². The summed E-state index contributed by atoms with van der Waals surface area (Å²) in [5, 5.41) is 11.8. The van der Waals surface area contributed by atoms with Crippen LogP contribution in [0.25, 0.3) is 10.8 Å². The van der Waals surface area contributed by atoms with Crippen molar-refractivity contribution in [3.8, 4) is 0 Å². The maximum absolute atomic E-state index is 14.1. The summed E-state index contributed by atoms with van der Waals surface area (Å²) in [5.74, 6) is -0.299. The van der Waals surface area contributed by atoms with Crippen LogP contribution in [-0.2, 0) is 0 Å². The molecule has 3 heteroatoms. The van der Waals surface area contributed by atoms with Crippen LogP contribution in [0.2, 0.25) is 0 Å². The second kappa shape index (κ2) is 5.88. The summed E-state index contributed by atoms with van der Waals surface area (Å²) in [6.07, 6.45) is -0.654. The Bertz CT molecular complexity index is 783. The fraction of sp³-hybridized carbons (Fsp3) is 0.111. The molecule has 0 spiro atoms. The number of hydrogen-bond donors (Lipinski definition) is 1.